The Kier molecular flexibility index (Phi) is 5.24. The van der Waals surface area contributed by atoms with Crippen molar-refractivity contribution in [1.29, 1.82) is 5.26 Å². The van der Waals surface area contributed by atoms with Gasteiger partial charge in [0.1, 0.15) is 6.07 Å². The first-order valence-corrected chi connectivity index (χ1v) is 7.66. The Morgan fingerprint density at radius 3 is 3.05 bits per heavy atom. The molecule has 0 aromatic heterocycles. The van der Waals surface area contributed by atoms with Crippen LogP contribution in [0.4, 0.5) is 5.69 Å². The van der Waals surface area contributed by atoms with E-state index in [4.69, 9.17) is 0 Å². The van der Waals surface area contributed by atoms with Gasteiger partial charge in [-0.1, -0.05) is 15.9 Å². The fourth-order valence-electron chi connectivity index (χ4n) is 2.77. The highest BCUT2D eigenvalue weighted by Crippen LogP contribution is 2.31. The lowest BCUT2D eigenvalue weighted by atomic mass is 9.97. The summed E-state index contributed by atoms with van der Waals surface area (Å²) < 4.78 is 1.04. The molecule has 0 aliphatic carbocycles. The maximum Gasteiger partial charge on any atom is 0.101 e. The minimum Gasteiger partial charge on any atom is -0.367 e. The van der Waals surface area contributed by atoms with Crippen molar-refractivity contribution in [2.24, 2.45) is 0 Å². The van der Waals surface area contributed by atoms with Crippen molar-refractivity contribution >= 4 is 21.6 Å². The van der Waals surface area contributed by atoms with Crippen LogP contribution in [0.3, 0.4) is 0 Å². The third kappa shape index (κ3) is 3.49. The molecule has 2 rings (SSSR count). The van der Waals surface area contributed by atoms with E-state index in [1.807, 2.05) is 19.2 Å². The molecule has 1 aliphatic heterocycles. The van der Waals surface area contributed by atoms with E-state index in [1.54, 1.807) is 0 Å². The van der Waals surface area contributed by atoms with E-state index in [2.05, 4.69) is 38.3 Å². The SMILES string of the molecule is CNCCC1CCCCN1c1cc(Br)ccc1C#N. The van der Waals surface area contributed by atoms with Gasteiger partial charge in [-0.05, 0) is 57.5 Å². The molecule has 1 aromatic rings. The van der Waals surface area contributed by atoms with Crippen LogP contribution >= 0.6 is 15.9 Å². The van der Waals surface area contributed by atoms with Crippen molar-refractivity contribution in [3.63, 3.8) is 0 Å². The summed E-state index contributed by atoms with van der Waals surface area (Å²) in [5.41, 5.74) is 1.86. The number of benzene rings is 1. The highest BCUT2D eigenvalue weighted by atomic mass is 79.9. The molecule has 0 spiro atoms. The highest BCUT2D eigenvalue weighted by molar-refractivity contribution is 9.10. The van der Waals surface area contributed by atoms with Crippen LogP contribution in [0.1, 0.15) is 31.2 Å². The van der Waals surface area contributed by atoms with Gasteiger partial charge < -0.3 is 10.2 Å². The molecule has 3 nitrogen and oxygen atoms in total. The first-order chi connectivity index (χ1) is 9.26. The normalized spacial score (nSPS) is 19.2. The first-order valence-electron chi connectivity index (χ1n) is 6.87. The molecule has 1 saturated heterocycles. The first kappa shape index (κ1) is 14.4. The molecule has 1 atom stereocenters. The van der Waals surface area contributed by atoms with Crippen LogP contribution in [0.15, 0.2) is 22.7 Å². The second-order valence-corrected chi connectivity index (χ2v) is 5.92. The minimum atomic E-state index is 0.544. The predicted octanol–water partition coefficient (Wildman–Crippen LogP) is 3.29. The number of piperidine rings is 1. The second kappa shape index (κ2) is 6.93. The van der Waals surface area contributed by atoms with Gasteiger partial charge in [-0.2, -0.15) is 5.26 Å². The van der Waals surface area contributed by atoms with E-state index in [0.717, 1.165) is 35.2 Å². The van der Waals surface area contributed by atoms with Crippen LogP contribution in [0.25, 0.3) is 0 Å². The molecule has 102 valence electrons. The molecule has 1 aromatic carbocycles. The number of hydrogen-bond donors (Lipinski definition) is 1. The Hall–Kier alpha value is -1.05. The molecule has 0 radical (unpaired) electrons. The smallest absolute Gasteiger partial charge is 0.101 e. The van der Waals surface area contributed by atoms with E-state index in [-0.39, 0.29) is 0 Å². The molecule has 1 N–H and O–H groups in total. The largest absolute Gasteiger partial charge is 0.367 e. The van der Waals surface area contributed by atoms with Crippen molar-refractivity contribution < 1.29 is 0 Å². The molecule has 1 heterocycles. The summed E-state index contributed by atoms with van der Waals surface area (Å²) in [4.78, 5) is 2.42. The van der Waals surface area contributed by atoms with Crippen LogP contribution in [0.5, 0.6) is 0 Å². The van der Waals surface area contributed by atoms with Crippen LogP contribution in [-0.4, -0.2) is 26.2 Å². The maximum atomic E-state index is 9.30. The zero-order chi connectivity index (χ0) is 13.7. The zero-order valence-corrected chi connectivity index (χ0v) is 12.9. The lowest BCUT2D eigenvalue weighted by Crippen LogP contribution is -2.41. The van der Waals surface area contributed by atoms with E-state index in [0.29, 0.717) is 6.04 Å². The van der Waals surface area contributed by atoms with Gasteiger partial charge in [0.15, 0.2) is 0 Å². The second-order valence-electron chi connectivity index (χ2n) is 5.01. The molecule has 0 saturated carbocycles. The fraction of sp³-hybridized carbons (Fsp3) is 0.533. The molecule has 19 heavy (non-hydrogen) atoms. The van der Waals surface area contributed by atoms with Gasteiger partial charge in [-0.3, -0.25) is 0 Å². The molecular formula is C15H20BrN3. The van der Waals surface area contributed by atoms with Gasteiger partial charge in [0, 0.05) is 17.1 Å². The van der Waals surface area contributed by atoms with Crippen molar-refractivity contribution in [2.45, 2.75) is 31.7 Å². The average molecular weight is 322 g/mol. The molecule has 1 fully saturated rings. The third-order valence-corrected chi connectivity index (χ3v) is 4.24. The molecule has 0 bridgehead atoms. The Morgan fingerprint density at radius 1 is 1.47 bits per heavy atom. The topological polar surface area (TPSA) is 39.1 Å². The molecule has 1 unspecified atom stereocenters. The predicted molar refractivity (Wildman–Crippen MR) is 82.4 cm³/mol. The highest BCUT2D eigenvalue weighted by Gasteiger charge is 2.24. The summed E-state index contributed by atoms with van der Waals surface area (Å²) in [7, 11) is 1.99. The van der Waals surface area contributed by atoms with Crippen molar-refractivity contribution in [1.82, 2.24) is 5.32 Å². The van der Waals surface area contributed by atoms with Gasteiger partial charge in [0.05, 0.1) is 11.3 Å². The maximum absolute atomic E-state index is 9.30. The monoisotopic (exact) mass is 321 g/mol. The summed E-state index contributed by atoms with van der Waals surface area (Å²) in [6, 6.07) is 8.79. The fourth-order valence-corrected chi connectivity index (χ4v) is 3.11. The van der Waals surface area contributed by atoms with E-state index in [9.17, 15) is 5.26 Å². The number of nitriles is 1. The van der Waals surface area contributed by atoms with Crippen molar-refractivity contribution in [3.8, 4) is 6.07 Å². The molecule has 4 heteroatoms. The van der Waals surface area contributed by atoms with Gasteiger partial charge in [0.2, 0.25) is 0 Å². The number of nitrogens with zero attached hydrogens (tertiary/aromatic N) is 2. The Labute approximate surface area is 123 Å². The average Bonchev–Trinajstić information content (AvgIpc) is 2.45. The summed E-state index contributed by atoms with van der Waals surface area (Å²) in [5, 5.41) is 12.5. The molecule has 0 amide bonds. The standard InChI is InChI=1S/C15H20BrN3/c1-18-8-7-14-4-2-3-9-19(14)15-10-13(16)6-5-12(15)11-17/h5-6,10,14,18H,2-4,7-9H2,1H3. The number of nitrogens with one attached hydrogen (secondary N) is 1. The van der Waals surface area contributed by atoms with Crippen LogP contribution in [-0.2, 0) is 0 Å². The number of hydrogen-bond acceptors (Lipinski definition) is 3. The summed E-state index contributed by atoms with van der Waals surface area (Å²) in [6.45, 7) is 2.08. The number of rotatable bonds is 4. The summed E-state index contributed by atoms with van der Waals surface area (Å²) in [6.07, 6.45) is 4.86. The van der Waals surface area contributed by atoms with Gasteiger partial charge in [0.25, 0.3) is 0 Å². The quantitative estimate of drug-likeness (QED) is 0.924. The summed E-state index contributed by atoms with van der Waals surface area (Å²) in [5.74, 6) is 0. The van der Waals surface area contributed by atoms with Crippen molar-refractivity contribution in [2.75, 3.05) is 25.0 Å². The Morgan fingerprint density at radius 2 is 2.32 bits per heavy atom. The van der Waals surface area contributed by atoms with Crippen LogP contribution < -0.4 is 10.2 Å². The van der Waals surface area contributed by atoms with Crippen LogP contribution in [0, 0.1) is 11.3 Å². The molecule has 1 aliphatic rings. The molecular weight excluding hydrogens is 302 g/mol. The lowest BCUT2D eigenvalue weighted by Gasteiger charge is -2.38. The lowest BCUT2D eigenvalue weighted by molar-refractivity contribution is 0.433. The van der Waals surface area contributed by atoms with Crippen molar-refractivity contribution in [3.05, 3.63) is 28.2 Å². The zero-order valence-electron chi connectivity index (χ0n) is 11.3. The minimum absolute atomic E-state index is 0.544. The van der Waals surface area contributed by atoms with E-state index < -0.39 is 0 Å². The van der Waals surface area contributed by atoms with Gasteiger partial charge >= 0.3 is 0 Å². The number of halogens is 1. The summed E-state index contributed by atoms with van der Waals surface area (Å²) >= 11 is 3.52. The van der Waals surface area contributed by atoms with Crippen LogP contribution in [0.2, 0.25) is 0 Å². The Balaban J connectivity index is 2.26. The van der Waals surface area contributed by atoms with E-state index in [1.165, 1.54) is 19.3 Å². The van der Waals surface area contributed by atoms with Gasteiger partial charge in [-0.25, -0.2) is 0 Å². The third-order valence-electron chi connectivity index (χ3n) is 3.74. The van der Waals surface area contributed by atoms with E-state index >= 15 is 0 Å². The Bertz CT molecular complexity index is 467. The number of anilines is 1. The van der Waals surface area contributed by atoms with Gasteiger partial charge in [-0.15, -0.1) is 0 Å².